The molecule has 0 unspecified atom stereocenters. The van der Waals surface area contributed by atoms with Crippen LogP contribution in [0.5, 0.6) is 0 Å². The number of ether oxygens (including phenoxy) is 1. The van der Waals surface area contributed by atoms with E-state index in [4.69, 9.17) is 9.84 Å². The smallest absolute Gasteiger partial charge is 0.414 e. The molecule has 0 aromatic heterocycles. The highest BCUT2D eigenvalue weighted by Crippen LogP contribution is 2.32. The minimum absolute atomic E-state index is 0.332. The second-order valence-electron chi connectivity index (χ2n) is 5.74. The number of fused-ring (bicyclic) bond motifs is 2. The number of nitrogens with zero attached hydrogens (tertiary/aromatic N) is 2. The van der Waals surface area contributed by atoms with Gasteiger partial charge in [0.15, 0.2) is 0 Å². The number of rotatable bonds is 0. The summed E-state index contributed by atoms with van der Waals surface area (Å²) in [5.74, 6) is 0. The molecule has 2 heterocycles. The van der Waals surface area contributed by atoms with Gasteiger partial charge in [-0.1, -0.05) is 6.07 Å². The number of amides is 2. The molecule has 0 fully saturated rings. The molecule has 2 aliphatic heterocycles. The molecule has 0 aliphatic carbocycles. The summed E-state index contributed by atoms with van der Waals surface area (Å²) in [6, 6.07) is 4.19. The van der Waals surface area contributed by atoms with Crippen molar-refractivity contribution in [2.75, 3.05) is 31.6 Å². The van der Waals surface area contributed by atoms with E-state index in [0.29, 0.717) is 26.1 Å². The molecule has 0 bridgehead atoms. The van der Waals surface area contributed by atoms with Gasteiger partial charge in [-0.2, -0.15) is 0 Å². The fourth-order valence-electron chi connectivity index (χ4n) is 3.31. The molecule has 0 spiro atoms. The molecule has 1 aromatic rings. The first-order valence-electron chi connectivity index (χ1n) is 7.58. The average molecular weight is 304 g/mol. The van der Waals surface area contributed by atoms with Gasteiger partial charge in [0.25, 0.3) is 0 Å². The lowest BCUT2D eigenvalue weighted by Crippen LogP contribution is -2.35. The first-order valence-corrected chi connectivity index (χ1v) is 7.58. The lowest BCUT2D eigenvalue weighted by Gasteiger charge is -2.29. The molecule has 118 valence electrons. The molecule has 0 saturated heterocycles. The Morgan fingerprint density at radius 1 is 1.05 bits per heavy atom. The zero-order chi connectivity index (χ0) is 15.7. The Labute approximate surface area is 129 Å². The van der Waals surface area contributed by atoms with Gasteiger partial charge < -0.3 is 14.7 Å². The van der Waals surface area contributed by atoms with E-state index in [9.17, 15) is 9.59 Å². The van der Waals surface area contributed by atoms with Crippen LogP contribution in [-0.2, 0) is 24.0 Å². The van der Waals surface area contributed by atoms with Crippen LogP contribution in [0.3, 0.4) is 0 Å². The number of methoxy groups -OCH3 is 1. The second-order valence-corrected chi connectivity index (χ2v) is 5.74. The maximum Gasteiger partial charge on any atom is 0.414 e. The highest BCUT2D eigenvalue weighted by atomic mass is 16.5. The van der Waals surface area contributed by atoms with Crippen molar-refractivity contribution in [1.29, 1.82) is 0 Å². The van der Waals surface area contributed by atoms with Gasteiger partial charge in [0.05, 0.1) is 12.8 Å². The number of aryl methyl sites for hydroxylation is 1. The van der Waals surface area contributed by atoms with Crippen LogP contribution in [0.2, 0.25) is 0 Å². The maximum absolute atomic E-state index is 11.9. The Balaban J connectivity index is 1.94. The fraction of sp³-hybridized carbons (Fsp3) is 0.500. The molecular weight excluding hydrogens is 284 g/mol. The molecule has 0 saturated carbocycles. The molecule has 0 radical (unpaired) electrons. The second kappa shape index (κ2) is 5.87. The number of anilines is 1. The van der Waals surface area contributed by atoms with Gasteiger partial charge in [0.1, 0.15) is 0 Å². The lowest BCUT2D eigenvalue weighted by molar-refractivity contribution is 0.147. The monoisotopic (exact) mass is 304 g/mol. The quantitative estimate of drug-likeness (QED) is 0.798. The van der Waals surface area contributed by atoms with Crippen molar-refractivity contribution < 1.29 is 19.4 Å². The number of hydrogen-bond donors (Lipinski definition) is 1. The highest BCUT2D eigenvalue weighted by molar-refractivity contribution is 5.89. The summed E-state index contributed by atoms with van der Waals surface area (Å²) < 4.78 is 4.86. The Bertz CT molecular complexity index is 614. The number of benzene rings is 1. The number of hydrogen-bond acceptors (Lipinski definition) is 3. The minimum atomic E-state index is -0.867. The highest BCUT2D eigenvalue weighted by Gasteiger charge is 2.26. The number of carbonyl (C=O) groups excluding carboxylic acids is 1. The molecular formula is C16H20N2O4. The van der Waals surface area contributed by atoms with Gasteiger partial charge >= 0.3 is 12.2 Å². The topological polar surface area (TPSA) is 70.1 Å². The first-order chi connectivity index (χ1) is 10.6. The molecule has 2 aliphatic rings. The van der Waals surface area contributed by atoms with Crippen molar-refractivity contribution in [3.63, 3.8) is 0 Å². The van der Waals surface area contributed by atoms with Gasteiger partial charge in [-0.3, -0.25) is 4.90 Å². The van der Waals surface area contributed by atoms with E-state index in [2.05, 4.69) is 6.07 Å². The molecule has 6 nitrogen and oxygen atoms in total. The van der Waals surface area contributed by atoms with Crippen LogP contribution in [0.1, 0.15) is 23.1 Å². The Morgan fingerprint density at radius 2 is 1.73 bits per heavy atom. The SMILES string of the molecule is COC(=O)N1CCCc2cc3c(cc21)CCN(C(=O)O)CC3. The van der Waals surface area contributed by atoms with Crippen LogP contribution in [0.25, 0.3) is 0 Å². The van der Waals surface area contributed by atoms with Gasteiger partial charge in [-0.05, 0) is 48.4 Å². The predicted molar refractivity (Wildman–Crippen MR) is 81.5 cm³/mol. The van der Waals surface area contributed by atoms with Crippen molar-refractivity contribution in [3.8, 4) is 0 Å². The summed E-state index contributed by atoms with van der Waals surface area (Å²) in [6.07, 6.45) is 2.08. The summed E-state index contributed by atoms with van der Waals surface area (Å²) in [5, 5.41) is 9.16. The molecule has 6 heteroatoms. The van der Waals surface area contributed by atoms with Crippen LogP contribution >= 0.6 is 0 Å². The van der Waals surface area contributed by atoms with Crippen molar-refractivity contribution in [3.05, 3.63) is 28.8 Å². The van der Waals surface area contributed by atoms with Crippen LogP contribution in [0, 0.1) is 0 Å². The molecule has 1 N–H and O–H groups in total. The lowest BCUT2D eigenvalue weighted by atomic mass is 9.93. The van der Waals surface area contributed by atoms with Crippen LogP contribution in [0.4, 0.5) is 15.3 Å². The Morgan fingerprint density at radius 3 is 2.36 bits per heavy atom. The van der Waals surface area contributed by atoms with E-state index in [-0.39, 0.29) is 6.09 Å². The van der Waals surface area contributed by atoms with Gasteiger partial charge in [-0.15, -0.1) is 0 Å². The summed E-state index contributed by atoms with van der Waals surface area (Å²) in [6.45, 7) is 1.70. The summed E-state index contributed by atoms with van der Waals surface area (Å²) >= 11 is 0. The van der Waals surface area contributed by atoms with E-state index >= 15 is 0 Å². The third-order valence-corrected chi connectivity index (χ3v) is 4.49. The standard InChI is InChI=1S/C16H20N2O4/c1-22-16(21)18-6-2-3-13-9-11-4-7-17(15(19)20)8-5-12(11)10-14(13)18/h9-10H,2-8H2,1H3,(H,19,20). The van der Waals surface area contributed by atoms with Crippen LogP contribution in [-0.4, -0.2) is 48.9 Å². The van der Waals surface area contributed by atoms with Gasteiger partial charge in [0, 0.05) is 19.6 Å². The molecule has 1 aromatic carbocycles. The van der Waals surface area contributed by atoms with E-state index in [0.717, 1.165) is 36.1 Å². The Hall–Kier alpha value is -2.24. The van der Waals surface area contributed by atoms with Gasteiger partial charge in [-0.25, -0.2) is 9.59 Å². The maximum atomic E-state index is 11.9. The molecule has 22 heavy (non-hydrogen) atoms. The van der Waals surface area contributed by atoms with Gasteiger partial charge in [0.2, 0.25) is 0 Å². The van der Waals surface area contributed by atoms with Crippen molar-refractivity contribution in [2.24, 2.45) is 0 Å². The number of carboxylic acid groups (broad SMARTS) is 1. The zero-order valence-corrected chi connectivity index (χ0v) is 12.7. The number of carbonyl (C=O) groups is 2. The minimum Gasteiger partial charge on any atom is -0.465 e. The van der Waals surface area contributed by atoms with Crippen LogP contribution in [0.15, 0.2) is 12.1 Å². The summed E-state index contributed by atoms with van der Waals surface area (Å²) in [4.78, 5) is 26.2. The van der Waals surface area contributed by atoms with E-state index < -0.39 is 6.09 Å². The largest absolute Gasteiger partial charge is 0.465 e. The third kappa shape index (κ3) is 2.61. The summed E-state index contributed by atoms with van der Waals surface area (Å²) in [5.41, 5.74) is 4.41. The molecule has 3 rings (SSSR count). The third-order valence-electron chi connectivity index (χ3n) is 4.49. The van der Waals surface area contributed by atoms with E-state index in [1.807, 2.05) is 6.07 Å². The van der Waals surface area contributed by atoms with Crippen molar-refractivity contribution >= 4 is 17.9 Å². The van der Waals surface area contributed by atoms with Crippen LogP contribution < -0.4 is 4.90 Å². The first kappa shape index (κ1) is 14.7. The van der Waals surface area contributed by atoms with E-state index in [1.54, 1.807) is 4.90 Å². The average Bonchev–Trinajstić information content (AvgIpc) is 2.73. The zero-order valence-electron chi connectivity index (χ0n) is 12.7. The predicted octanol–water partition coefficient (Wildman–Crippen LogP) is 2.28. The van der Waals surface area contributed by atoms with Crippen molar-refractivity contribution in [1.82, 2.24) is 4.90 Å². The molecule has 0 atom stereocenters. The summed E-state index contributed by atoms with van der Waals surface area (Å²) in [7, 11) is 1.39. The van der Waals surface area contributed by atoms with E-state index in [1.165, 1.54) is 17.6 Å². The normalized spacial score (nSPS) is 17.3. The Kier molecular flexibility index (Phi) is 3.92. The fourth-order valence-corrected chi connectivity index (χ4v) is 3.31. The molecule has 2 amide bonds. The van der Waals surface area contributed by atoms with Crippen molar-refractivity contribution in [2.45, 2.75) is 25.7 Å².